The summed E-state index contributed by atoms with van der Waals surface area (Å²) in [5.74, 6) is -2.14. The lowest BCUT2D eigenvalue weighted by Crippen LogP contribution is -2.37. The van der Waals surface area contributed by atoms with E-state index in [0.29, 0.717) is 24.2 Å². The van der Waals surface area contributed by atoms with Crippen LogP contribution in [0.5, 0.6) is 0 Å². The molecule has 0 spiro atoms. The van der Waals surface area contributed by atoms with E-state index in [-0.39, 0.29) is 30.0 Å². The van der Waals surface area contributed by atoms with E-state index >= 15 is 0 Å². The molecule has 172 valence electrons. The zero-order valence-corrected chi connectivity index (χ0v) is 18.5. The average Bonchev–Trinajstić information content (AvgIpc) is 3.29. The Kier molecular flexibility index (Phi) is 6.52. The van der Waals surface area contributed by atoms with Gasteiger partial charge in [-0.3, -0.25) is 9.48 Å². The van der Waals surface area contributed by atoms with E-state index in [4.69, 9.17) is 20.9 Å². The molecule has 2 aliphatic heterocycles. The molecule has 32 heavy (non-hydrogen) atoms. The number of rotatable bonds is 5. The molecule has 0 aliphatic carbocycles. The molecule has 0 radical (unpaired) electrons. The minimum absolute atomic E-state index is 0.122. The molecule has 2 aromatic rings. The number of carbonyl (C=O) groups excluding carboxylic acids is 1. The van der Waals surface area contributed by atoms with Gasteiger partial charge in [0.2, 0.25) is 0 Å². The number of hydrogen-bond acceptors (Lipinski definition) is 7. The number of anilines is 1. The molecule has 8 nitrogen and oxygen atoms in total. The van der Waals surface area contributed by atoms with Crippen molar-refractivity contribution in [3.05, 3.63) is 58.4 Å². The zero-order valence-electron chi connectivity index (χ0n) is 17.7. The van der Waals surface area contributed by atoms with E-state index in [9.17, 15) is 13.6 Å². The van der Waals surface area contributed by atoms with Crippen LogP contribution in [0.3, 0.4) is 0 Å². The molecule has 1 fully saturated rings. The fraction of sp³-hybridized carbons (Fsp3) is 0.429. The second-order valence-electron chi connectivity index (χ2n) is 7.74. The maximum absolute atomic E-state index is 14.7. The Bertz CT molecular complexity index is 1030. The number of methoxy groups -OCH3 is 1. The standard InChI is InChI=1S/C21H25F2N5O3S/c1-27-19(16-7-6-13(24)17(30-2)9-31-16)14(8-26-27)28-15(20(25)29)10-32-21(28)18-11(22)4-3-5-12(18)23/h3-5,8,10,13,16-17,21H,6-7,9,24H2,1-2H3,(H2,25,29)/t13-,16+,17-,21?/m1/s1. The lowest BCUT2D eigenvalue weighted by Gasteiger charge is -2.30. The maximum Gasteiger partial charge on any atom is 0.265 e. The number of amides is 1. The summed E-state index contributed by atoms with van der Waals surface area (Å²) in [4.78, 5) is 13.8. The summed E-state index contributed by atoms with van der Waals surface area (Å²) in [7, 11) is 3.33. The third-order valence-electron chi connectivity index (χ3n) is 5.83. The second kappa shape index (κ2) is 9.18. The van der Waals surface area contributed by atoms with Crippen molar-refractivity contribution in [1.82, 2.24) is 9.78 Å². The van der Waals surface area contributed by atoms with Crippen molar-refractivity contribution < 1.29 is 23.0 Å². The molecule has 1 aromatic heterocycles. The summed E-state index contributed by atoms with van der Waals surface area (Å²) in [6, 6.07) is 3.48. The lowest BCUT2D eigenvalue weighted by molar-refractivity contribution is -0.114. The molecular weight excluding hydrogens is 440 g/mol. The summed E-state index contributed by atoms with van der Waals surface area (Å²) < 4.78 is 42.5. The van der Waals surface area contributed by atoms with Gasteiger partial charge in [0, 0.05) is 25.6 Å². The summed E-state index contributed by atoms with van der Waals surface area (Å²) >= 11 is 1.10. The van der Waals surface area contributed by atoms with E-state index < -0.39 is 29.0 Å². The van der Waals surface area contributed by atoms with Crippen molar-refractivity contribution in [2.24, 2.45) is 18.5 Å². The van der Waals surface area contributed by atoms with E-state index in [2.05, 4.69) is 5.10 Å². The van der Waals surface area contributed by atoms with Gasteiger partial charge in [-0.2, -0.15) is 5.10 Å². The van der Waals surface area contributed by atoms with Gasteiger partial charge in [0.1, 0.15) is 28.8 Å². The largest absolute Gasteiger partial charge is 0.377 e. The third kappa shape index (κ3) is 4.01. The quantitative estimate of drug-likeness (QED) is 0.698. The van der Waals surface area contributed by atoms with Gasteiger partial charge in [-0.15, -0.1) is 11.8 Å². The van der Waals surface area contributed by atoms with Gasteiger partial charge in [0.05, 0.1) is 35.9 Å². The van der Waals surface area contributed by atoms with Gasteiger partial charge in [0.25, 0.3) is 5.91 Å². The normalized spacial score (nSPS) is 26.2. The Balaban J connectivity index is 1.77. The number of carbonyl (C=O) groups is 1. The summed E-state index contributed by atoms with van der Waals surface area (Å²) in [6.45, 7) is 0.283. The van der Waals surface area contributed by atoms with Crippen LogP contribution in [0.4, 0.5) is 14.5 Å². The molecule has 1 saturated heterocycles. The van der Waals surface area contributed by atoms with E-state index in [1.165, 1.54) is 28.5 Å². The first-order valence-corrected chi connectivity index (χ1v) is 11.1. The highest BCUT2D eigenvalue weighted by Crippen LogP contribution is 2.49. The third-order valence-corrected chi connectivity index (χ3v) is 6.90. The Labute approximate surface area is 188 Å². The Morgan fingerprint density at radius 2 is 2.03 bits per heavy atom. The lowest BCUT2D eigenvalue weighted by atomic mass is 10.0. The van der Waals surface area contributed by atoms with Crippen LogP contribution in [0, 0.1) is 11.6 Å². The number of benzene rings is 1. The Hall–Kier alpha value is -2.47. The summed E-state index contributed by atoms with van der Waals surface area (Å²) in [5.41, 5.74) is 12.9. The van der Waals surface area contributed by atoms with Gasteiger partial charge in [0.15, 0.2) is 0 Å². The molecule has 0 saturated carbocycles. The molecule has 1 unspecified atom stereocenters. The van der Waals surface area contributed by atoms with Crippen molar-refractivity contribution in [2.75, 3.05) is 18.6 Å². The number of hydrogen-bond donors (Lipinski definition) is 2. The van der Waals surface area contributed by atoms with Crippen molar-refractivity contribution >= 4 is 23.4 Å². The van der Waals surface area contributed by atoms with Crippen LogP contribution in [-0.4, -0.2) is 41.6 Å². The Morgan fingerprint density at radius 3 is 2.69 bits per heavy atom. The second-order valence-corrected chi connectivity index (χ2v) is 8.69. The topological polar surface area (TPSA) is 109 Å². The number of aryl methyl sites for hydroxylation is 1. The van der Waals surface area contributed by atoms with Crippen molar-refractivity contribution in [2.45, 2.75) is 36.5 Å². The van der Waals surface area contributed by atoms with Gasteiger partial charge in [-0.05, 0) is 25.0 Å². The molecule has 11 heteroatoms. The molecule has 4 atom stereocenters. The minimum Gasteiger partial charge on any atom is -0.377 e. The first kappa shape index (κ1) is 22.7. The number of nitrogens with zero attached hydrogens (tertiary/aromatic N) is 3. The smallest absolute Gasteiger partial charge is 0.265 e. The van der Waals surface area contributed by atoms with Crippen LogP contribution in [0.1, 0.15) is 35.6 Å². The average molecular weight is 466 g/mol. The fourth-order valence-electron chi connectivity index (χ4n) is 4.15. The summed E-state index contributed by atoms with van der Waals surface area (Å²) in [5, 5.41) is 4.99. The number of ether oxygens (including phenoxy) is 2. The van der Waals surface area contributed by atoms with E-state index in [1.807, 2.05) is 0 Å². The van der Waals surface area contributed by atoms with E-state index in [0.717, 1.165) is 11.8 Å². The van der Waals surface area contributed by atoms with E-state index in [1.54, 1.807) is 25.0 Å². The van der Waals surface area contributed by atoms with Crippen LogP contribution >= 0.6 is 11.8 Å². The van der Waals surface area contributed by atoms with Crippen LogP contribution < -0.4 is 16.4 Å². The number of primary amides is 1. The monoisotopic (exact) mass is 465 g/mol. The predicted octanol–water partition coefficient (Wildman–Crippen LogP) is 2.47. The fourth-order valence-corrected chi connectivity index (χ4v) is 5.35. The van der Waals surface area contributed by atoms with Gasteiger partial charge >= 0.3 is 0 Å². The van der Waals surface area contributed by atoms with Gasteiger partial charge in [-0.1, -0.05) is 6.07 Å². The van der Waals surface area contributed by atoms with Crippen LogP contribution in [0.25, 0.3) is 0 Å². The zero-order chi connectivity index (χ0) is 23.0. The van der Waals surface area contributed by atoms with Crippen molar-refractivity contribution in [3.8, 4) is 0 Å². The van der Waals surface area contributed by atoms with Crippen LogP contribution in [-0.2, 0) is 21.3 Å². The molecule has 2 aliphatic rings. The highest BCUT2D eigenvalue weighted by atomic mass is 32.2. The number of thioether (sulfide) groups is 1. The maximum atomic E-state index is 14.7. The molecular formula is C21H25F2N5O3S. The number of aromatic nitrogens is 2. The van der Waals surface area contributed by atoms with Crippen LogP contribution in [0.15, 0.2) is 35.5 Å². The molecule has 3 heterocycles. The molecule has 1 amide bonds. The summed E-state index contributed by atoms with van der Waals surface area (Å²) in [6.07, 6.45) is 2.12. The highest BCUT2D eigenvalue weighted by molar-refractivity contribution is 8.02. The Morgan fingerprint density at radius 1 is 1.31 bits per heavy atom. The van der Waals surface area contributed by atoms with Gasteiger partial charge in [-0.25, -0.2) is 8.78 Å². The highest BCUT2D eigenvalue weighted by Gasteiger charge is 2.39. The minimum atomic E-state index is -0.874. The number of halogens is 2. The van der Waals surface area contributed by atoms with Gasteiger partial charge < -0.3 is 25.8 Å². The van der Waals surface area contributed by atoms with Crippen molar-refractivity contribution in [3.63, 3.8) is 0 Å². The molecule has 0 bridgehead atoms. The SMILES string of the molecule is CO[C@@H]1CO[C@H](c2c(N3C(C(N)=O)=CSC3c3c(F)cccc3F)cnn2C)CC[C@H]1N. The predicted molar refractivity (Wildman–Crippen MR) is 116 cm³/mol. The van der Waals surface area contributed by atoms with Crippen molar-refractivity contribution in [1.29, 1.82) is 0 Å². The first-order valence-electron chi connectivity index (χ1n) is 10.1. The molecule has 4 N–H and O–H groups in total. The molecule has 1 aromatic carbocycles. The van der Waals surface area contributed by atoms with Crippen LogP contribution in [0.2, 0.25) is 0 Å². The molecule has 4 rings (SSSR count). The first-order chi connectivity index (χ1) is 15.3. The number of nitrogens with two attached hydrogens (primary N) is 2.